The van der Waals surface area contributed by atoms with Crippen LogP contribution in [0.15, 0.2) is 24.3 Å². The number of methoxy groups -OCH3 is 1. The molecular formula is C19H28N2O3. The molecule has 1 saturated carbocycles. The summed E-state index contributed by atoms with van der Waals surface area (Å²) in [7, 11) is 1.68. The van der Waals surface area contributed by atoms with Crippen molar-refractivity contribution in [2.24, 2.45) is 0 Å². The molecule has 5 heteroatoms. The Morgan fingerprint density at radius 3 is 2.50 bits per heavy atom. The standard InChI is InChI=1S/C19H28N2O3/c1-23-17-6-4-15(5-7-17)19(10-2-3-11-19)14-20-18(22)21-16-8-12-24-13-9-16/h4-7,16H,2-3,8-14H2,1H3,(H2,20,21,22). The number of ether oxygens (including phenoxy) is 2. The summed E-state index contributed by atoms with van der Waals surface area (Å²) in [5, 5.41) is 6.20. The average molecular weight is 332 g/mol. The van der Waals surface area contributed by atoms with Gasteiger partial charge in [0.25, 0.3) is 0 Å². The van der Waals surface area contributed by atoms with E-state index in [0.717, 1.165) is 44.6 Å². The zero-order chi connectivity index (χ0) is 16.8. The molecule has 132 valence electrons. The Hall–Kier alpha value is -1.75. The van der Waals surface area contributed by atoms with Crippen LogP contribution in [0.2, 0.25) is 0 Å². The smallest absolute Gasteiger partial charge is 0.315 e. The third-order valence-electron chi connectivity index (χ3n) is 5.41. The van der Waals surface area contributed by atoms with Gasteiger partial charge in [-0.25, -0.2) is 4.79 Å². The molecule has 24 heavy (non-hydrogen) atoms. The van der Waals surface area contributed by atoms with Gasteiger partial charge in [0.2, 0.25) is 0 Å². The second kappa shape index (κ2) is 7.88. The van der Waals surface area contributed by atoms with E-state index >= 15 is 0 Å². The summed E-state index contributed by atoms with van der Waals surface area (Å²) in [4.78, 5) is 12.3. The summed E-state index contributed by atoms with van der Waals surface area (Å²) in [5.41, 5.74) is 1.35. The van der Waals surface area contributed by atoms with Crippen molar-refractivity contribution in [3.05, 3.63) is 29.8 Å². The molecule has 1 aliphatic heterocycles. The predicted octanol–water partition coefficient (Wildman–Crippen LogP) is 2.99. The molecule has 0 radical (unpaired) electrons. The molecule has 1 aliphatic carbocycles. The van der Waals surface area contributed by atoms with Crippen LogP contribution in [0.3, 0.4) is 0 Å². The molecule has 0 spiro atoms. The molecule has 1 aromatic rings. The maximum Gasteiger partial charge on any atom is 0.315 e. The van der Waals surface area contributed by atoms with E-state index in [4.69, 9.17) is 9.47 Å². The quantitative estimate of drug-likeness (QED) is 0.871. The van der Waals surface area contributed by atoms with E-state index in [9.17, 15) is 4.79 Å². The highest BCUT2D eigenvalue weighted by molar-refractivity contribution is 5.74. The summed E-state index contributed by atoms with van der Waals surface area (Å²) < 4.78 is 10.6. The highest BCUT2D eigenvalue weighted by Crippen LogP contribution is 2.41. The van der Waals surface area contributed by atoms with Crippen LogP contribution in [0.5, 0.6) is 5.75 Å². The van der Waals surface area contributed by atoms with E-state index in [1.165, 1.54) is 18.4 Å². The molecule has 2 fully saturated rings. The molecule has 2 aliphatic rings. The van der Waals surface area contributed by atoms with Crippen LogP contribution in [0.25, 0.3) is 0 Å². The van der Waals surface area contributed by atoms with E-state index in [-0.39, 0.29) is 17.5 Å². The number of rotatable bonds is 5. The van der Waals surface area contributed by atoms with Gasteiger partial charge in [0.05, 0.1) is 7.11 Å². The number of hydrogen-bond donors (Lipinski definition) is 2. The first-order valence-electron chi connectivity index (χ1n) is 8.98. The Kier molecular flexibility index (Phi) is 5.61. The van der Waals surface area contributed by atoms with E-state index < -0.39 is 0 Å². The second-order valence-electron chi connectivity index (χ2n) is 6.93. The molecule has 0 aromatic heterocycles. The van der Waals surface area contributed by atoms with Gasteiger partial charge < -0.3 is 20.1 Å². The molecule has 0 bridgehead atoms. The minimum absolute atomic E-state index is 0.0540. The lowest BCUT2D eigenvalue weighted by Crippen LogP contribution is -2.48. The van der Waals surface area contributed by atoms with Gasteiger partial charge in [-0.3, -0.25) is 0 Å². The number of urea groups is 1. The third kappa shape index (κ3) is 4.01. The largest absolute Gasteiger partial charge is 0.497 e. The molecule has 5 nitrogen and oxygen atoms in total. The average Bonchev–Trinajstić information content (AvgIpc) is 3.11. The lowest BCUT2D eigenvalue weighted by molar-refractivity contribution is 0.0800. The SMILES string of the molecule is COc1ccc(C2(CNC(=O)NC3CCOCC3)CCCC2)cc1. The fourth-order valence-electron chi connectivity index (χ4n) is 3.89. The molecule has 1 aromatic carbocycles. The van der Waals surface area contributed by atoms with Gasteiger partial charge >= 0.3 is 6.03 Å². The fraction of sp³-hybridized carbons (Fsp3) is 0.632. The van der Waals surface area contributed by atoms with Crippen LogP contribution >= 0.6 is 0 Å². The summed E-state index contributed by atoms with van der Waals surface area (Å²) in [6.07, 6.45) is 6.48. The van der Waals surface area contributed by atoms with Crippen molar-refractivity contribution in [1.82, 2.24) is 10.6 Å². The normalized spacial score (nSPS) is 20.5. The molecule has 2 N–H and O–H groups in total. The first-order valence-corrected chi connectivity index (χ1v) is 8.98. The Bertz CT molecular complexity index is 532. The van der Waals surface area contributed by atoms with Gasteiger partial charge in [-0.15, -0.1) is 0 Å². The van der Waals surface area contributed by atoms with Crippen LogP contribution in [-0.2, 0) is 10.2 Å². The Balaban J connectivity index is 1.59. The molecule has 3 rings (SSSR count). The van der Waals surface area contributed by atoms with Crippen LogP contribution in [0, 0.1) is 0 Å². The zero-order valence-corrected chi connectivity index (χ0v) is 14.5. The number of amides is 2. The van der Waals surface area contributed by atoms with Gasteiger partial charge in [0.1, 0.15) is 5.75 Å². The highest BCUT2D eigenvalue weighted by atomic mass is 16.5. The number of benzene rings is 1. The van der Waals surface area contributed by atoms with E-state index in [1.54, 1.807) is 7.11 Å². The summed E-state index contributed by atoms with van der Waals surface area (Å²) >= 11 is 0. The van der Waals surface area contributed by atoms with Crippen molar-refractivity contribution >= 4 is 6.03 Å². The number of carbonyl (C=O) groups is 1. The molecular weight excluding hydrogens is 304 g/mol. The summed E-state index contributed by atoms with van der Waals surface area (Å²) in [5.74, 6) is 0.872. The number of nitrogens with one attached hydrogen (secondary N) is 2. The zero-order valence-electron chi connectivity index (χ0n) is 14.5. The topological polar surface area (TPSA) is 59.6 Å². The Labute approximate surface area is 144 Å². The van der Waals surface area contributed by atoms with Crippen LogP contribution in [0.1, 0.15) is 44.1 Å². The van der Waals surface area contributed by atoms with Crippen LogP contribution in [0.4, 0.5) is 4.79 Å². The van der Waals surface area contributed by atoms with Crippen molar-refractivity contribution in [2.75, 3.05) is 26.9 Å². The molecule has 1 heterocycles. The van der Waals surface area contributed by atoms with E-state index in [1.807, 2.05) is 12.1 Å². The Morgan fingerprint density at radius 2 is 1.88 bits per heavy atom. The molecule has 0 unspecified atom stereocenters. The van der Waals surface area contributed by atoms with Gasteiger partial charge in [-0.05, 0) is 43.4 Å². The molecule has 1 saturated heterocycles. The minimum Gasteiger partial charge on any atom is -0.497 e. The number of hydrogen-bond acceptors (Lipinski definition) is 3. The fourth-order valence-corrected chi connectivity index (χ4v) is 3.89. The van der Waals surface area contributed by atoms with Crippen molar-refractivity contribution in [2.45, 2.75) is 50.0 Å². The summed E-state index contributed by atoms with van der Waals surface area (Å²) in [6, 6.07) is 8.49. The van der Waals surface area contributed by atoms with E-state index in [0.29, 0.717) is 6.54 Å². The van der Waals surface area contributed by atoms with Gasteiger partial charge in [0, 0.05) is 31.2 Å². The van der Waals surface area contributed by atoms with Crippen molar-refractivity contribution in [3.8, 4) is 5.75 Å². The first kappa shape index (κ1) is 17.1. The molecule has 0 atom stereocenters. The van der Waals surface area contributed by atoms with Crippen LogP contribution in [-0.4, -0.2) is 38.9 Å². The summed E-state index contributed by atoms with van der Waals surface area (Å²) in [6.45, 7) is 2.16. The third-order valence-corrected chi connectivity index (χ3v) is 5.41. The minimum atomic E-state index is -0.0540. The highest BCUT2D eigenvalue weighted by Gasteiger charge is 2.36. The number of carbonyl (C=O) groups excluding carboxylic acids is 1. The van der Waals surface area contributed by atoms with Crippen LogP contribution < -0.4 is 15.4 Å². The first-order chi connectivity index (χ1) is 11.7. The van der Waals surface area contributed by atoms with Crippen molar-refractivity contribution < 1.29 is 14.3 Å². The van der Waals surface area contributed by atoms with Gasteiger partial charge in [0.15, 0.2) is 0 Å². The molecule has 2 amide bonds. The van der Waals surface area contributed by atoms with Crippen molar-refractivity contribution in [1.29, 1.82) is 0 Å². The van der Waals surface area contributed by atoms with Crippen molar-refractivity contribution in [3.63, 3.8) is 0 Å². The predicted molar refractivity (Wildman–Crippen MR) is 93.5 cm³/mol. The second-order valence-corrected chi connectivity index (χ2v) is 6.93. The monoisotopic (exact) mass is 332 g/mol. The van der Waals surface area contributed by atoms with Gasteiger partial charge in [-0.2, -0.15) is 0 Å². The van der Waals surface area contributed by atoms with E-state index in [2.05, 4.69) is 22.8 Å². The lowest BCUT2D eigenvalue weighted by Gasteiger charge is -2.31. The maximum absolute atomic E-state index is 12.3. The van der Waals surface area contributed by atoms with Gasteiger partial charge in [-0.1, -0.05) is 25.0 Å². The Morgan fingerprint density at radius 1 is 1.21 bits per heavy atom. The maximum atomic E-state index is 12.3. The lowest BCUT2D eigenvalue weighted by atomic mass is 9.79.